The van der Waals surface area contributed by atoms with Crippen LogP contribution in [-0.4, -0.2) is 30.9 Å². The number of aliphatic hydroxyl groups is 1. The number of rotatable bonds is 5. The summed E-state index contributed by atoms with van der Waals surface area (Å²) in [5.41, 5.74) is 6.29. The molecule has 1 rings (SSSR count). The first-order valence-electron chi connectivity index (χ1n) is 5.34. The molecule has 5 nitrogen and oxygen atoms in total. The number of anilines is 1. The van der Waals surface area contributed by atoms with Gasteiger partial charge >= 0.3 is 5.97 Å². The number of carbonyl (C=O) groups is 1. The molecule has 0 aromatic heterocycles. The van der Waals surface area contributed by atoms with Gasteiger partial charge in [-0.3, -0.25) is 0 Å². The smallest absolute Gasteiger partial charge is 0.340 e. The van der Waals surface area contributed by atoms with E-state index in [1.54, 1.807) is 25.1 Å². The first kappa shape index (κ1) is 13.3. The van der Waals surface area contributed by atoms with Gasteiger partial charge in [0.2, 0.25) is 0 Å². The maximum Gasteiger partial charge on any atom is 0.340 e. The van der Waals surface area contributed by atoms with E-state index in [1.165, 1.54) is 7.11 Å². The van der Waals surface area contributed by atoms with Crippen molar-refractivity contribution in [2.75, 3.05) is 19.5 Å². The van der Waals surface area contributed by atoms with Crippen LogP contribution >= 0.6 is 0 Å². The SMILES string of the molecule is COc1cccc(C(=O)OCCC(C)O)c1N. The summed E-state index contributed by atoms with van der Waals surface area (Å²) >= 11 is 0. The third-order valence-electron chi connectivity index (χ3n) is 2.27. The molecule has 0 radical (unpaired) electrons. The minimum Gasteiger partial charge on any atom is -0.495 e. The van der Waals surface area contributed by atoms with Crippen molar-refractivity contribution in [2.45, 2.75) is 19.4 Å². The third kappa shape index (κ3) is 3.64. The molecule has 1 unspecified atom stereocenters. The predicted octanol–water partition coefficient (Wildman–Crippen LogP) is 1.21. The van der Waals surface area contributed by atoms with Gasteiger partial charge in [-0.1, -0.05) is 6.07 Å². The summed E-state index contributed by atoms with van der Waals surface area (Å²) in [6, 6.07) is 4.91. The number of nitrogens with two attached hydrogens (primary N) is 1. The summed E-state index contributed by atoms with van der Waals surface area (Å²) in [5, 5.41) is 9.04. The highest BCUT2D eigenvalue weighted by molar-refractivity contribution is 5.96. The average molecular weight is 239 g/mol. The molecule has 1 aromatic rings. The van der Waals surface area contributed by atoms with Crippen LogP contribution in [0.25, 0.3) is 0 Å². The lowest BCUT2D eigenvalue weighted by Crippen LogP contribution is -2.12. The van der Waals surface area contributed by atoms with E-state index in [-0.39, 0.29) is 17.9 Å². The number of carbonyl (C=O) groups excluding carboxylic acids is 1. The normalized spacial score (nSPS) is 11.9. The lowest BCUT2D eigenvalue weighted by atomic mass is 10.1. The van der Waals surface area contributed by atoms with Crippen molar-refractivity contribution in [1.82, 2.24) is 0 Å². The van der Waals surface area contributed by atoms with Crippen molar-refractivity contribution in [3.8, 4) is 5.75 Å². The van der Waals surface area contributed by atoms with Crippen LogP contribution < -0.4 is 10.5 Å². The van der Waals surface area contributed by atoms with E-state index in [9.17, 15) is 4.79 Å². The van der Waals surface area contributed by atoms with Crippen molar-refractivity contribution in [3.63, 3.8) is 0 Å². The van der Waals surface area contributed by atoms with Gasteiger partial charge in [-0.15, -0.1) is 0 Å². The number of hydrogen-bond acceptors (Lipinski definition) is 5. The van der Waals surface area contributed by atoms with Crippen LogP contribution in [-0.2, 0) is 4.74 Å². The summed E-state index contributed by atoms with van der Waals surface area (Å²) < 4.78 is 9.99. The van der Waals surface area contributed by atoms with Crippen molar-refractivity contribution in [3.05, 3.63) is 23.8 Å². The van der Waals surface area contributed by atoms with E-state index < -0.39 is 12.1 Å². The molecule has 0 fully saturated rings. The summed E-state index contributed by atoms with van der Waals surface area (Å²) in [5.74, 6) is -0.0722. The van der Waals surface area contributed by atoms with Crippen molar-refractivity contribution >= 4 is 11.7 Å². The summed E-state index contributed by atoms with van der Waals surface area (Å²) in [6.07, 6.45) is -0.0965. The van der Waals surface area contributed by atoms with Gasteiger partial charge in [0.15, 0.2) is 0 Å². The Morgan fingerprint density at radius 1 is 1.53 bits per heavy atom. The number of esters is 1. The quantitative estimate of drug-likeness (QED) is 0.596. The highest BCUT2D eigenvalue weighted by atomic mass is 16.5. The highest BCUT2D eigenvalue weighted by Gasteiger charge is 2.14. The first-order chi connectivity index (χ1) is 8.06. The van der Waals surface area contributed by atoms with Gasteiger partial charge in [0.1, 0.15) is 5.75 Å². The molecular weight excluding hydrogens is 222 g/mol. The zero-order valence-corrected chi connectivity index (χ0v) is 9.97. The number of para-hydroxylation sites is 1. The summed E-state index contributed by atoms with van der Waals surface area (Å²) in [6.45, 7) is 1.79. The molecule has 0 aliphatic heterocycles. The number of benzene rings is 1. The Kier molecular flexibility index (Phi) is 4.78. The van der Waals surface area contributed by atoms with Crippen LogP contribution in [0.15, 0.2) is 18.2 Å². The molecule has 1 aromatic carbocycles. The summed E-state index contributed by atoms with van der Waals surface area (Å²) in [7, 11) is 1.48. The lowest BCUT2D eigenvalue weighted by molar-refractivity contribution is 0.0445. The van der Waals surface area contributed by atoms with Gasteiger partial charge in [0, 0.05) is 6.42 Å². The topological polar surface area (TPSA) is 81.8 Å². The van der Waals surface area contributed by atoms with Gasteiger partial charge in [-0.2, -0.15) is 0 Å². The van der Waals surface area contributed by atoms with Gasteiger partial charge in [-0.05, 0) is 19.1 Å². The maximum absolute atomic E-state index is 11.7. The molecule has 3 N–H and O–H groups in total. The second kappa shape index (κ2) is 6.10. The molecule has 0 aliphatic rings. The monoisotopic (exact) mass is 239 g/mol. The van der Waals surface area contributed by atoms with Gasteiger partial charge in [-0.25, -0.2) is 4.79 Å². The standard InChI is InChI=1S/C12H17NO4/c1-8(14)6-7-17-12(15)9-4-3-5-10(16-2)11(9)13/h3-5,8,14H,6-7,13H2,1-2H3. The zero-order chi connectivity index (χ0) is 12.8. The Morgan fingerprint density at radius 3 is 2.82 bits per heavy atom. The van der Waals surface area contributed by atoms with Crippen LogP contribution in [0, 0.1) is 0 Å². The third-order valence-corrected chi connectivity index (χ3v) is 2.27. The fourth-order valence-electron chi connectivity index (χ4n) is 1.30. The first-order valence-corrected chi connectivity index (χ1v) is 5.34. The van der Waals surface area contributed by atoms with Crippen LogP contribution in [0.3, 0.4) is 0 Å². The molecule has 0 spiro atoms. The van der Waals surface area contributed by atoms with Crippen LogP contribution in [0.1, 0.15) is 23.7 Å². The fourth-order valence-corrected chi connectivity index (χ4v) is 1.30. The number of nitrogen functional groups attached to an aromatic ring is 1. The second-order valence-electron chi connectivity index (χ2n) is 3.70. The zero-order valence-electron chi connectivity index (χ0n) is 9.97. The Balaban J connectivity index is 2.69. The molecule has 94 valence electrons. The molecule has 1 atom stereocenters. The highest BCUT2D eigenvalue weighted by Crippen LogP contribution is 2.25. The predicted molar refractivity (Wildman–Crippen MR) is 64.0 cm³/mol. The van der Waals surface area contributed by atoms with Crippen molar-refractivity contribution in [1.29, 1.82) is 0 Å². The molecular formula is C12H17NO4. The Hall–Kier alpha value is -1.75. The van der Waals surface area contributed by atoms with Gasteiger partial charge in [0.05, 0.1) is 31.1 Å². The second-order valence-corrected chi connectivity index (χ2v) is 3.70. The minimum atomic E-state index is -0.512. The molecule has 0 amide bonds. The Bertz CT molecular complexity index is 390. The van der Waals surface area contributed by atoms with E-state index >= 15 is 0 Å². The van der Waals surface area contributed by atoms with Gasteiger partial charge in [0.25, 0.3) is 0 Å². The number of hydrogen-bond donors (Lipinski definition) is 2. The minimum absolute atomic E-state index is 0.160. The van der Waals surface area contributed by atoms with E-state index in [4.69, 9.17) is 20.3 Å². The van der Waals surface area contributed by atoms with E-state index in [0.717, 1.165) is 0 Å². The van der Waals surface area contributed by atoms with E-state index in [1.807, 2.05) is 0 Å². The Labute approximate surface area is 100 Å². The number of ether oxygens (including phenoxy) is 2. The van der Waals surface area contributed by atoms with Gasteiger partial charge < -0.3 is 20.3 Å². The molecule has 0 heterocycles. The molecule has 0 aliphatic carbocycles. The van der Waals surface area contributed by atoms with Crippen LogP contribution in [0.2, 0.25) is 0 Å². The van der Waals surface area contributed by atoms with Crippen molar-refractivity contribution < 1.29 is 19.4 Å². The van der Waals surface area contributed by atoms with Crippen LogP contribution in [0.4, 0.5) is 5.69 Å². The Morgan fingerprint density at radius 2 is 2.24 bits per heavy atom. The fraction of sp³-hybridized carbons (Fsp3) is 0.417. The maximum atomic E-state index is 11.7. The molecule has 0 bridgehead atoms. The molecule has 5 heteroatoms. The van der Waals surface area contributed by atoms with E-state index in [2.05, 4.69) is 0 Å². The lowest BCUT2D eigenvalue weighted by Gasteiger charge is -2.10. The van der Waals surface area contributed by atoms with Crippen LogP contribution in [0.5, 0.6) is 5.75 Å². The molecule has 0 saturated heterocycles. The molecule has 17 heavy (non-hydrogen) atoms. The van der Waals surface area contributed by atoms with Crippen molar-refractivity contribution in [2.24, 2.45) is 0 Å². The molecule has 0 saturated carbocycles. The largest absolute Gasteiger partial charge is 0.495 e. The average Bonchev–Trinajstić information content (AvgIpc) is 2.28. The summed E-state index contributed by atoms with van der Waals surface area (Å²) in [4.78, 5) is 11.7. The number of methoxy groups -OCH3 is 1. The number of aliphatic hydroxyl groups excluding tert-OH is 1. The van der Waals surface area contributed by atoms with E-state index in [0.29, 0.717) is 12.2 Å².